The molecule has 106 valence electrons. The fourth-order valence-electron chi connectivity index (χ4n) is 2.31. The average molecular weight is 292 g/mol. The Morgan fingerprint density at radius 2 is 2.20 bits per heavy atom. The van der Waals surface area contributed by atoms with Crippen LogP contribution in [0.15, 0.2) is 0 Å². The first kappa shape index (κ1) is 13.2. The number of carbonyl (C=O) groups excluding carboxylic acids is 1. The third-order valence-corrected chi connectivity index (χ3v) is 4.13. The molecule has 0 aromatic carbocycles. The summed E-state index contributed by atoms with van der Waals surface area (Å²) in [5.74, 6) is 1.85. The van der Waals surface area contributed by atoms with Gasteiger partial charge in [-0.25, -0.2) is 0 Å². The molecule has 0 fully saturated rings. The van der Waals surface area contributed by atoms with Crippen molar-refractivity contribution in [3.8, 4) is 0 Å². The summed E-state index contributed by atoms with van der Waals surface area (Å²) in [4.78, 5) is 11.8. The van der Waals surface area contributed by atoms with E-state index in [2.05, 4.69) is 30.3 Å². The Bertz CT molecular complexity index is 619. The molecular weight excluding hydrogens is 276 g/mol. The fourth-order valence-corrected chi connectivity index (χ4v) is 2.91. The lowest BCUT2D eigenvalue weighted by Gasteiger charge is -2.14. The van der Waals surface area contributed by atoms with Gasteiger partial charge in [-0.1, -0.05) is 11.3 Å². The number of fused-ring (bicyclic) bond motifs is 1. The first-order valence-corrected chi connectivity index (χ1v) is 7.55. The molecule has 1 N–H and O–H groups in total. The molecule has 3 rings (SSSR count). The maximum absolute atomic E-state index is 11.8. The molecule has 20 heavy (non-hydrogen) atoms. The van der Waals surface area contributed by atoms with Crippen LogP contribution in [0.1, 0.15) is 39.3 Å². The van der Waals surface area contributed by atoms with Gasteiger partial charge < -0.3 is 9.88 Å². The standard InChI is InChI=1S/C12H16N6OS/c1-8-14-17-12(20-8)11(19)13-6-5-10-16-15-9-4-2-3-7-18(9)10/h2-7H2,1H3,(H,13,19). The highest BCUT2D eigenvalue weighted by Crippen LogP contribution is 2.14. The van der Waals surface area contributed by atoms with Crippen LogP contribution >= 0.6 is 11.3 Å². The molecule has 0 atom stereocenters. The van der Waals surface area contributed by atoms with Crippen LogP contribution in [0.4, 0.5) is 0 Å². The summed E-state index contributed by atoms with van der Waals surface area (Å²) >= 11 is 1.30. The van der Waals surface area contributed by atoms with Gasteiger partial charge in [-0.15, -0.1) is 20.4 Å². The van der Waals surface area contributed by atoms with Crippen molar-refractivity contribution in [1.29, 1.82) is 0 Å². The van der Waals surface area contributed by atoms with Crippen LogP contribution in [0.3, 0.4) is 0 Å². The number of hydrogen-bond donors (Lipinski definition) is 1. The number of rotatable bonds is 4. The molecule has 3 heterocycles. The Kier molecular flexibility index (Phi) is 3.72. The van der Waals surface area contributed by atoms with Gasteiger partial charge in [-0.05, 0) is 19.8 Å². The summed E-state index contributed by atoms with van der Waals surface area (Å²) < 4.78 is 2.17. The van der Waals surface area contributed by atoms with E-state index >= 15 is 0 Å². The number of hydrogen-bond acceptors (Lipinski definition) is 6. The fraction of sp³-hybridized carbons (Fsp3) is 0.583. The topological polar surface area (TPSA) is 85.6 Å². The average Bonchev–Trinajstić information content (AvgIpc) is 3.06. The van der Waals surface area contributed by atoms with Crippen LogP contribution in [0.5, 0.6) is 0 Å². The van der Waals surface area contributed by atoms with Crippen LogP contribution < -0.4 is 5.32 Å². The second-order valence-corrected chi connectivity index (χ2v) is 5.95. The first-order valence-electron chi connectivity index (χ1n) is 6.73. The molecule has 0 spiro atoms. The molecule has 1 aliphatic rings. The molecule has 1 aliphatic heterocycles. The largest absolute Gasteiger partial charge is 0.349 e. The lowest BCUT2D eigenvalue weighted by atomic mass is 10.1. The predicted octanol–water partition coefficient (Wildman–Crippen LogP) is 0.747. The maximum Gasteiger partial charge on any atom is 0.282 e. The van der Waals surface area contributed by atoms with E-state index in [-0.39, 0.29) is 5.91 Å². The second kappa shape index (κ2) is 5.66. The molecule has 0 saturated heterocycles. The van der Waals surface area contributed by atoms with E-state index in [0.717, 1.165) is 29.6 Å². The lowest BCUT2D eigenvalue weighted by Crippen LogP contribution is -2.26. The van der Waals surface area contributed by atoms with E-state index in [9.17, 15) is 4.79 Å². The van der Waals surface area contributed by atoms with Crippen molar-refractivity contribution in [2.75, 3.05) is 6.54 Å². The molecule has 2 aromatic rings. The molecule has 0 radical (unpaired) electrons. The zero-order valence-corrected chi connectivity index (χ0v) is 12.1. The maximum atomic E-state index is 11.8. The highest BCUT2D eigenvalue weighted by Gasteiger charge is 2.16. The van der Waals surface area contributed by atoms with E-state index in [1.54, 1.807) is 0 Å². The predicted molar refractivity (Wildman–Crippen MR) is 73.6 cm³/mol. The van der Waals surface area contributed by atoms with Crippen LogP contribution in [-0.2, 0) is 19.4 Å². The van der Waals surface area contributed by atoms with E-state index in [0.29, 0.717) is 18.0 Å². The van der Waals surface area contributed by atoms with Crippen LogP contribution in [0, 0.1) is 6.92 Å². The summed E-state index contributed by atoms with van der Waals surface area (Å²) in [6.45, 7) is 3.35. The molecular formula is C12H16N6OS. The normalized spacial score (nSPS) is 14.1. The van der Waals surface area contributed by atoms with Crippen LogP contribution in [-0.4, -0.2) is 37.4 Å². The Morgan fingerprint density at radius 3 is 3.00 bits per heavy atom. The minimum absolute atomic E-state index is 0.172. The number of aromatic nitrogens is 5. The number of aryl methyl sites for hydroxylation is 2. The molecule has 0 aliphatic carbocycles. The Morgan fingerprint density at radius 1 is 1.30 bits per heavy atom. The van der Waals surface area contributed by atoms with Gasteiger partial charge in [0.1, 0.15) is 16.7 Å². The zero-order valence-electron chi connectivity index (χ0n) is 11.3. The van der Waals surface area contributed by atoms with Crippen molar-refractivity contribution >= 4 is 17.2 Å². The van der Waals surface area contributed by atoms with Crippen molar-refractivity contribution in [2.24, 2.45) is 0 Å². The summed E-state index contributed by atoms with van der Waals surface area (Å²) in [5, 5.41) is 20.1. The number of nitrogens with one attached hydrogen (secondary N) is 1. The summed E-state index contributed by atoms with van der Waals surface area (Å²) in [6.07, 6.45) is 4.06. The van der Waals surface area contributed by atoms with Gasteiger partial charge in [-0.3, -0.25) is 4.79 Å². The molecule has 0 saturated carbocycles. The molecule has 2 aromatic heterocycles. The van der Waals surface area contributed by atoms with Gasteiger partial charge >= 0.3 is 0 Å². The molecule has 0 unspecified atom stereocenters. The van der Waals surface area contributed by atoms with Crippen molar-refractivity contribution in [2.45, 2.75) is 39.2 Å². The van der Waals surface area contributed by atoms with Crippen LogP contribution in [0.2, 0.25) is 0 Å². The minimum Gasteiger partial charge on any atom is -0.349 e. The van der Waals surface area contributed by atoms with E-state index < -0.39 is 0 Å². The number of nitrogens with zero attached hydrogens (tertiary/aromatic N) is 5. The van der Waals surface area contributed by atoms with Crippen molar-refractivity contribution in [3.05, 3.63) is 21.7 Å². The quantitative estimate of drug-likeness (QED) is 0.898. The molecule has 8 heteroatoms. The third-order valence-electron chi connectivity index (χ3n) is 3.29. The smallest absolute Gasteiger partial charge is 0.282 e. The van der Waals surface area contributed by atoms with E-state index in [4.69, 9.17) is 0 Å². The summed E-state index contributed by atoms with van der Waals surface area (Å²) in [6, 6.07) is 0. The van der Waals surface area contributed by atoms with Gasteiger partial charge in [0.2, 0.25) is 5.01 Å². The van der Waals surface area contributed by atoms with Crippen molar-refractivity contribution in [1.82, 2.24) is 30.3 Å². The Balaban J connectivity index is 1.55. The van der Waals surface area contributed by atoms with Gasteiger partial charge in [0.25, 0.3) is 5.91 Å². The van der Waals surface area contributed by atoms with Crippen molar-refractivity contribution in [3.63, 3.8) is 0 Å². The first-order chi connectivity index (χ1) is 9.74. The lowest BCUT2D eigenvalue weighted by molar-refractivity contribution is 0.0953. The monoisotopic (exact) mass is 292 g/mol. The summed E-state index contributed by atoms with van der Waals surface area (Å²) in [5.41, 5.74) is 0. The van der Waals surface area contributed by atoms with Gasteiger partial charge in [0, 0.05) is 25.9 Å². The molecule has 1 amide bonds. The molecule has 0 bridgehead atoms. The Labute approximate surface area is 120 Å². The van der Waals surface area contributed by atoms with Gasteiger partial charge in [0.05, 0.1) is 0 Å². The minimum atomic E-state index is -0.172. The highest BCUT2D eigenvalue weighted by atomic mass is 32.1. The van der Waals surface area contributed by atoms with E-state index in [1.165, 1.54) is 24.2 Å². The highest BCUT2D eigenvalue weighted by molar-refractivity contribution is 7.13. The number of amides is 1. The summed E-state index contributed by atoms with van der Waals surface area (Å²) in [7, 11) is 0. The second-order valence-electron chi connectivity index (χ2n) is 4.77. The van der Waals surface area contributed by atoms with Crippen LogP contribution in [0.25, 0.3) is 0 Å². The van der Waals surface area contributed by atoms with E-state index in [1.807, 2.05) is 6.92 Å². The van der Waals surface area contributed by atoms with Crippen molar-refractivity contribution < 1.29 is 4.79 Å². The van der Waals surface area contributed by atoms with Gasteiger partial charge in [-0.2, -0.15) is 0 Å². The SMILES string of the molecule is Cc1nnc(C(=O)NCCc2nnc3n2CCCC3)s1. The molecule has 7 nitrogen and oxygen atoms in total. The van der Waals surface area contributed by atoms with Gasteiger partial charge in [0.15, 0.2) is 0 Å². The number of carbonyl (C=O) groups is 1. The zero-order chi connectivity index (χ0) is 13.9. The third kappa shape index (κ3) is 2.69. The Hall–Kier alpha value is -1.83.